The zero-order valence-electron chi connectivity index (χ0n) is 15.4. The Labute approximate surface area is 152 Å². The molecule has 1 N–H and O–H groups in total. The number of aromatic amines is 1. The maximum Gasteiger partial charge on any atom is 0.410 e. The molecule has 9 heteroatoms. The van der Waals surface area contributed by atoms with Gasteiger partial charge in [0.05, 0.1) is 13.7 Å². The number of piperidine rings is 1. The second kappa shape index (κ2) is 8.46. The first-order valence-corrected chi connectivity index (χ1v) is 9.35. The third-order valence-electron chi connectivity index (χ3n) is 5.72. The number of ether oxygens (including phenoxy) is 2. The largest absolute Gasteiger partial charge is 0.464 e. The number of aryl methyl sites for hydroxylation is 1. The number of nitrogens with zero attached hydrogens (tertiary/aromatic N) is 4. The van der Waals surface area contributed by atoms with Crippen molar-refractivity contribution in [1.82, 2.24) is 25.5 Å². The van der Waals surface area contributed by atoms with Crippen LogP contribution < -0.4 is 0 Å². The van der Waals surface area contributed by atoms with E-state index in [9.17, 15) is 9.59 Å². The Kier molecular flexibility index (Phi) is 6.05. The van der Waals surface area contributed by atoms with E-state index in [-0.39, 0.29) is 5.97 Å². The summed E-state index contributed by atoms with van der Waals surface area (Å²) in [5.41, 5.74) is 0. The number of rotatable bonds is 5. The number of methoxy groups -OCH3 is 1. The number of carbonyl (C=O) groups is 2. The SMILES string of the molecule is CCOC(=O)[C@@H]1C[C@@H]2C[C@H](CCc3nn[nH]n3)CC[C@H]2CN1C(=O)OC. The Balaban J connectivity index is 1.62. The average molecular weight is 365 g/mol. The van der Waals surface area contributed by atoms with Gasteiger partial charge in [0.2, 0.25) is 0 Å². The molecule has 3 rings (SSSR count). The van der Waals surface area contributed by atoms with E-state index in [0.717, 1.165) is 37.9 Å². The van der Waals surface area contributed by atoms with Crippen molar-refractivity contribution in [3.63, 3.8) is 0 Å². The van der Waals surface area contributed by atoms with Crippen LogP contribution in [0.2, 0.25) is 0 Å². The lowest BCUT2D eigenvalue weighted by Gasteiger charge is -2.46. The van der Waals surface area contributed by atoms with Crippen molar-refractivity contribution in [2.45, 2.75) is 51.5 Å². The lowest BCUT2D eigenvalue weighted by molar-refractivity contribution is -0.152. The highest BCUT2D eigenvalue weighted by Gasteiger charge is 2.44. The fourth-order valence-corrected chi connectivity index (χ4v) is 4.41. The molecule has 144 valence electrons. The van der Waals surface area contributed by atoms with Gasteiger partial charge in [-0.15, -0.1) is 10.2 Å². The third kappa shape index (κ3) is 4.13. The van der Waals surface area contributed by atoms with Crippen LogP contribution >= 0.6 is 0 Å². The molecule has 0 bridgehead atoms. The number of nitrogens with one attached hydrogen (secondary N) is 1. The smallest absolute Gasteiger partial charge is 0.410 e. The summed E-state index contributed by atoms with van der Waals surface area (Å²) in [6, 6.07) is -0.542. The second-order valence-corrected chi connectivity index (χ2v) is 7.19. The third-order valence-corrected chi connectivity index (χ3v) is 5.72. The van der Waals surface area contributed by atoms with Crippen molar-refractivity contribution in [3.8, 4) is 0 Å². The highest BCUT2D eigenvalue weighted by Crippen LogP contribution is 2.42. The zero-order valence-corrected chi connectivity index (χ0v) is 15.4. The highest BCUT2D eigenvalue weighted by atomic mass is 16.6. The van der Waals surface area contributed by atoms with Gasteiger partial charge < -0.3 is 9.47 Å². The van der Waals surface area contributed by atoms with Crippen LogP contribution in [0.3, 0.4) is 0 Å². The lowest BCUT2D eigenvalue weighted by Crippen LogP contribution is -2.55. The summed E-state index contributed by atoms with van der Waals surface area (Å²) in [6.45, 7) is 2.66. The minimum absolute atomic E-state index is 0.311. The number of amides is 1. The fourth-order valence-electron chi connectivity index (χ4n) is 4.41. The van der Waals surface area contributed by atoms with E-state index in [1.165, 1.54) is 7.11 Å². The van der Waals surface area contributed by atoms with Gasteiger partial charge in [-0.3, -0.25) is 4.90 Å². The van der Waals surface area contributed by atoms with E-state index >= 15 is 0 Å². The molecular weight excluding hydrogens is 338 g/mol. The topological polar surface area (TPSA) is 110 Å². The van der Waals surface area contributed by atoms with Crippen molar-refractivity contribution < 1.29 is 19.1 Å². The molecule has 1 aliphatic heterocycles. The summed E-state index contributed by atoms with van der Waals surface area (Å²) in [5.74, 6) is 1.85. The number of tetrazole rings is 1. The van der Waals surface area contributed by atoms with E-state index < -0.39 is 12.1 Å². The van der Waals surface area contributed by atoms with E-state index in [4.69, 9.17) is 9.47 Å². The summed E-state index contributed by atoms with van der Waals surface area (Å²) in [7, 11) is 1.35. The van der Waals surface area contributed by atoms with Crippen LogP contribution in [0.1, 0.15) is 44.9 Å². The number of carbonyl (C=O) groups excluding carboxylic acids is 2. The van der Waals surface area contributed by atoms with Gasteiger partial charge in [-0.05, 0) is 50.4 Å². The van der Waals surface area contributed by atoms with Crippen LogP contribution in [-0.2, 0) is 20.7 Å². The van der Waals surface area contributed by atoms with E-state index in [0.29, 0.717) is 37.3 Å². The Morgan fingerprint density at radius 1 is 1.27 bits per heavy atom. The van der Waals surface area contributed by atoms with Crippen LogP contribution in [0, 0.1) is 17.8 Å². The van der Waals surface area contributed by atoms with Crippen molar-refractivity contribution in [3.05, 3.63) is 5.82 Å². The minimum atomic E-state index is -0.542. The molecule has 1 saturated carbocycles. The summed E-state index contributed by atoms with van der Waals surface area (Å²) < 4.78 is 10.1. The molecule has 2 aliphatic rings. The monoisotopic (exact) mass is 365 g/mol. The Bertz CT molecular complexity index is 608. The molecule has 26 heavy (non-hydrogen) atoms. The number of esters is 1. The fraction of sp³-hybridized carbons (Fsp3) is 0.824. The number of aromatic nitrogens is 4. The summed E-state index contributed by atoms with van der Waals surface area (Å²) in [4.78, 5) is 26.1. The van der Waals surface area contributed by atoms with Crippen molar-refractivity contribution >= 4 is 12.1 Å². The van der Waals surface area contributed by atoms with Crippen molar-refractivity contribution in [2.24, 2.45) is 17.8 Å². The molecule has 0 unspecified atom stereocenters. The van der Waals surface area contributed by atoms with Gasteiger partial charge in [-0.2, -0.15) is 5.21 Å². The predicted molar refractivity (Wildman–Crippen MR) is 91.0 cm³/mol. The number of hydrogen-bond donors (Lipinski definition) is 1. The summed E-state index contributed by atoms with van der Waals surface area (Å²) in [5, 5.41) is 14.1. The predicted octanol–water partition coefficient (Wildman–Crippen LogP) is 1.57. The second-order valence-electron chi connectivity index (χ2n) is 7.19. The molecule has 1 saturated heterocycles. The molecule has 4 atom stereocenters. The number of hydrogen-bond acceptors (Lipinski definition) is 7. The zero-order chi connectivity index (χ0) is 18.5. The van der Waals surface area contributed by atoms with Crippen LogP contribution in [0.15, 0.2) is 0 Å². The molecule has 0 aromatic carbocycles. The molecular formula is C17H27N5O4. The Morgan fingerprint density at radius 3 is 2.81 bits per heavy atom. The van der Waals surface area contributed by atoms with Crippen molar-refractivity contribution in [2.75, 3.05) is 20.3 Å². The maximum atomic E-state index is 12.4. The number of likely N-dealkylation sites (tertiary alicyclic amines) is 1. The van der Waals surface area contributed by atoms with Gasteiger partial charge in [-0.25, -0.2) is 9.59 Å². The quantitative estimate of drug-likeness (QED) is 0.789. The van der Waals surface area contributed by atoms with Crippen LogP contribution in [0.4, 0.5) is 4.79 Å². The number of fused-ring (bicyclic) bond motifs is 1. The first-order chi connectivity index (χ1) is 12.6. The molecule has 1 aliphatic carbocycles. The summed E-state index contributed by atoms with van der Waals surface area (Å²) in [6.07, 6.45) is 5.29. The van der Waals surface area contributed by atoms with E-state index in [1.54, 1.807) is 11.8 Å². The molecule has 2 heterocycles. The standard InChI is InChI=1S/C17H27N5O4/c1-3-26-16(23)14-9-13-8-11(5-7-15-18-20-21-19-15)4-6-12(13)10-22(14)17(24)25-2/h11-14H,3-10H2,1-2H3,(H,18,19,20,21)/t11-,12-,13-,14-/m0/s1. The van der Waals surface area contributed by atoms with E-state index in [2.05, 4.69) is 20.6 Å². The minimum Gasteiger partial charge on any atom is -0.464 e. The molecule has 0 spiro atoms. The molecule has 9 nitrogen and oxygen atoms in total. The molecule has 2 fully saturated rings. The molecule has 1 aromatic rings. The molecule has 1 amide bonds. The first-order valence-electron chi connectivity index (χ1n) is 9.35. The molecule has 0 radical (unpaired) electrons. The van der Waals surface area contributed by atoms with Crippen LogP contribution in [0.5, 0.6) is 0 Å². The van der Waals surface area contributed by atoms with Crippen LogP contribution in [0.25, 0.3) is 0 Å². The first kappa shape index (κ1) is 18.6. The van der Waals surface area contributed by atoms with Crippen molar-refractivity contribution in [1.29, 1.82) is 0 Å². The average Bonchev–Trinajstić information content (AvgIpc) is 3.18. The van der Waals surface area contributed by atoms with Gasteiger partial charge in [0, 0.05) is 13.0 Å². The van der Waals surface area contributed by atoms with E-state index in [1.807, 2.05) is 0 Å². The lowest BCUT2D eigenvalue weighted by atomic mass is 9.68. The molecule has 1 aromatic heterocycles. The maximum absolute atomic E-state index is 12.4. The Hall–Kier alpha value is -2.19. The van der Waals surface area contributed by atoms with Gasteiger partial charge >= 0.3 is 12.1 Å². The summed E-state index contributed by atoms with van der Waals surface area (Å²) >= 11 is 0. The van der Waals surface area contributed by atoms with Gasteiger partial charge in [0.15, 0.2) is 5.82 Å². The number of H-pyrrole nitrogens is 1. The van der Waals surface area contributed by atoms with Crippen LogP contribution in [-0.4, -0.2) is 63.9 Å². The van der Waals surface area contributed by atoms with Gasteiger partial charge in [0.25, 0.3) is 0 Å². The normalized spacial score (nSPS) is 28.3. The van der Waals surface area contributed by atoms with Gasteiger partial charge in [-0.1, -0.05) is 11.6 Å². The highest BCUT2D eigenvalue weighted by molar-refractivity contribution is 5.81. The Morgan fingerprint density at radius 2 is 2.12 bits per heavy atom. The van der Waals surface area contributed by atoms with Gasteiger partial charge in [0.1, 0.15) is 6.04 Å².